The van der Waals surface area contributed by atoms with E-state index in [9.17, 15) is 0 Å². The Balaban J connectivity index is 1.53. The third-order valence-electron chi connectivity index (χ3n) is 4.21. The number of rotatable bonds is 4. The number of nitrogen functional groups attached to an aromatic ring is 1. The predicted octanol–water partition coefficient (Wildman–Crippen LogP) is 0.717. The molecule has 4 rings (SSSR count). The lowest BCUT2D eigenvalue weighted by Gasteiger charge is -2.22. The first-order valence-electron chi connectivity index (χ1n) is 7.41. The van der Waals surface area contributed by atoms with Gasteiger partial charge in [0.25, 0.3) is 0 Å². The monoisotopic (exact) mass is 286 g/mol. The fourth-order valence-corrected chi connectivity index (χ4v) is 2.98. The lowest BCUT2D eigenvalue weighted by molar-refractivity contribution is 0.232. The number of hydrogen-bond donors (Lipinski definition) is 1. The van der Waals surface area contributed by atoms with E-state index in [1.54, 1.807) is 0 Å². The van der Waals surface area contributed by atoms with Crippen LogP contribution in [0.1, 0.15) is 49.3 Å². The van der Waals surface area contributed by atoms with Crippen LogP contribution in [0.15, 0.2) is 12.1 Å². The molecule has 8 nitrogen and oxygen atoms in total. The first-order chi connectivity index (χ1) is 10.3. The molecule has 2 N–H and O–H groups in total. The topological polar surface area (TPSA) is 98.6 Å². The molecule has 2 aromatic heterocycles. The van der Waals surface area contributed by atoms with Crippen molar-refractivity contribution in [3.63, 3.8) is 0 Å². The van der Waals surface area contributed by atoms with E-state index in [4.69, 9.17) is 5.73 Å². The van der Waals surface area contributed by atoms with Crippen molar-refractivity contribution in [2.24, 2.45) is 0 Å². The number of tetrazole rings is 1. The Hall–Kier alpha value is -2.09. The maximum atomic E-state index is 5.61. The van der Waals surface area contributed by atoms with Crippen LogP contribution >= 0.6 is 0 Å². The van der Waals surface area contributed by atoms with Crippen LogP contribution in [0.3, 0.4) is 0 Å². The maximum absolute atomic E-state index is 5.61. The van der Waals surface area contributed by atoms with Gasteiger partial charge in [0.2, 0.25) is 0 Å². The van der Waals surface area contributed by atoms with Crippen molar-refractivity contribution in [1.29, 1.82) is 0 Å². The molecule has 2 fully saturated rings. The van der Waals surface area contributed by atoms with Gasteiger partial charge in [-0.25, -0.2) is 4.68 Å². The minimum absolute atomic E-state index is 0.280. The smallest absolute Gasteiger partial charge is 0.165 e. The summed E-state index contributed by atoms with van der Waals surface area (Å²) < 4.78 is 1.98. The largest absolute Gasteiger partial charge is 0.382 e. The molecule has 110 valence electrons. The van der Waals surface area contributed by atoms with Gasteiger partial charge >= 0.3 is 0 Å². The Morgan fingerprint density at radius 1 is 1.14 bits per heavy atom. The zero-order valence-electron chi connectivity index (χ0n) is 11.8. The summed E-state index contributed by atoms with van der Waals surface area (Å²) in [6.07, 6.45) is 4.61. The molecule has 1 unspecified atom stereocenters. The van der Waals surface area contributed by atoms with Crippen molar-refractivity contribution >= 4 is 5.82 Å². The number of aromatic nitrogens is 6. The Morgan fingerprint density at radius 3 is 2.81 bits per heavy atom. The quantitative estimate of drug-likeness (QED) is 0.884. The lowest BCUT2D eigenvalue weighted by Crippen LogP contribution is -2.25. The highest BCUT2D eigenvalue weighted by molar-refractivity contribution is 5.26. The van der Waals surface area contributed by atoms with E-state index in [2.05, 4.69) is 30.6 Å². The summed E-state index contributed by atoms with van der Waals surface area (Å²) in [5.41, 5.74) is 6.59. The third-order valence-corrected chi connectivity index (χ3v) is 4.21. The summed E-state index contributed by atoms with van der Waals surface area (Å²) in [6.45, 7) is 1.80. The Labute approximate surface area is 122 Å². The molecule has 0 aromatic carbocycles. The van der Waals surface area contributed by atoms with Crippen molar-refractivity contribution in [1.82, 2.24) is 35.3 Å². The minimum atomic E-state index is 0.280. The van der Waals surface area contributed by atoms with Crippen molar-refractivity contribution < 1.29 is 0 Å². The Morgan fingerprint density at radius 2 is 2.05 bits per heavy atom. The molecule has 0 bridgehead atoms. The molecule has 1 atom stereocenters. The fraction of sp³-hybridized carbons (Fsp3) is 0.615. The average molecular weight is 286 g/mol. The second-order valence-corrected chi connectivity index (χ2v) is 5.78. The van der Waals surface area contributed by atoms with Gasteiger partial charge in [0.15, 0.2) is 5.82 Å². The molecule has 0 amide bonds. The molecule has 2 aliphatic rings. The summed E-state index contributed by atoms with van der Waals surface area (Å²) in [4.78, 5) is 2.38. The van der Waals surface area contributed by atoms with Crippen molar-refractivity contribution in [2.45, 2.75) is 44.3 Å². The van der Waals surface area contributed by atoms with Gasteiger partial charge < -0.3 is 5.73 Å². The van der Waals surface area contributed by atoms with Gasteiger partial charge in [-0.2, -0.15) is 5.10 Å². The van der Waals surface area contributed by atoms with Gasteiger partial charge in [0.1, 0.15) is 5.82 Å². The molecule has 1 aliphatic heterocycles. The molecule has 3 heterocycles. The van der Waals surface area contributed by atoms with Crippen molar-refractivity contribution in [3.8, 4) is 0 Å². The molecular formula is C13H18N8. The van der Waals surface area contributed by atoms with Crippen LogP contribution < -0.4 is 5.73 Å². The van der Waals surface area contributed by atoms with Crippen LogP contribution in [0, 0.1) is 0 Å². The number of anilines is 1. The summed E-state index contributed by atoms with van der Waals surface area (Å²) in [7, 11) is 0. The highest BCUT2D eigenvalue weighted by Gasteiger charge is 2.32. The molecule has 1 saturated carbocycles. The van der Waals surface area contributed by atoms with Gasteiger partial charge in [0.05, 0.1) is 24.3 Å². The minimum Gasteiger partial charge on any atom is -0.382 e. The van der Waals surface area contributed by atoms with Crippen LogP contribution in [-0.2, 0) is 6.54 Å². The van der Waals surface area contributed by atoms with Crippen molar-refractivity contribution in [2.75, 3.05) is 12.3 Å². The number of nitrogens with zero attached hydrogens (tertiary/aromatic N) is 7. The molecule has 1 aliphatic carbocycles. The number of nitrogens with two attached hydrogens (primary N) is 1. The number of hydrogen-bond acceptors (Lipinski definition) is 7. The summed E-state index contributed by atoms with van der Waals surface area (Å²) >= 11 is 0. The van der Waals surface area contributed by atoms with Crippen LogP contribution in [0.5, 0.6) is 0 Å². The van der Waals surface area contributed by atoms with Gasteiger partial charge in [-0.3, -0.25) is 4.90 Å². The van der Waals surface area contributed by atoms with E-state index in [1.165, 1.54) is 12.8 Å². The van der Waals surface area contributed by atoms with Gasteiger partial charge in [-0.05, 0) is 54.8 Å². The molecule has 21 heavy (non-hydrogen) atoms. The molecule has 0 spiro atoms. The summed E-state index contributed by atoms with van der Waals surface area (Å²) in [5, 5.41) is 20.3. The zero-order chi connectivity index (χ0) is 14.2. The Kier molecular flexibility index (Phi) is 3.03. The van der Waals surface area contributed by atoms with Crippen molar-refractivity contribution in [3.05, 3.63) is 23.7 Å². The number of likely N-dealkylation sites (tertiary alicyclic amines) is 1. The zero-order valence-corrected chi connectivity index (χ0v) is 11.8. The third kappa shape index (κ3) is 2.46. The van der Waals surface area contributed by atoms with Gasteiger partial charge in [-0.15, -0.1) is 10.2 Å². The second kappa shape index (κ2) is 5.03. The molecule has 0 radical (unpaired) electrons. The first kappa shape index (κ1) is 12.6. The summed E-state index contributed by atoms with van der Waals surface area (Å²) in [6, 6.07) is 4.57. The van der Waals surface area contributed by atoms with E-state index >= 15 is 0 Å². The highest BCUT2D eigenvalue weighted by Crippen LogP contribution is 2.36. The molecule has 1 saturated heterocycles. The van der Waals surface area contributed by atoms with Gasteiger partial charge in [-0.1, -0.05) is 0 Å². The molecule has 8 heteroatoms. The van der Waals surface area contributed by atoms with Crippen LogP contribution in [0.2, 0.25) is 0 Å². The van der Waals surface area contributed by atoms with Crippen LogP contribution in [0.4, 0.5) is 5.82 Å². The van der Waals surface area contributed by atoms with E-state index in [1.807, 2.05) is 16.8 Å². The van der Waals surface area contributed by atoms with Crippen LogP contribution in [-0.4, -0.2) is 41.8 Å². The standard InChI is InChI=1S/C13H18N8/c14-12-6-5-10(15-16-12)11-2-1-7-20(11)8-13-17-18-19-21(13)9-3-4-9/h5-6,9,11H,1-4,7-8H2,(H2,14,16). The maximum Gasteiger partial charge on any atom is 0.165 e. The van der Waals surface area contributed by atoms with E-state index in [0.29, 0.717) is 11.9 Å². The molecular weight excluding hydrogens is 268 g/mol. The SMILES string of the molecule is Nc1ccc(C2CCCN2Cc2nnnn2C2CC2)nn1. The Bertz CT molecular complexity index is 617. The summed E-state index contributed by atoms with van der Waals surface area (Å²) in [5.74, 6) is 1.41. The fourth-order valence-electron chi connectivity index (χ4n) is 2.98. The van der Waals surface area contributed by atoms with E-state index in [0.717, 1.165) is 37.4 Å². The average Bonchev–Trinajstić information content (AvgIpc) is 3.06. The van der Waals surface area contributed by atoms with Gasteiger partial charge in [0, 0.05) is 0 Å². The normalized spacial score (nSPS) is 22.8. The second-order valence-electron chi connectivity index (χ2n) is 5.78. The first-order valence-corrected chi connectivity index (χ1v) is 7.41. The van der Waals surface area contributed by atoms with E-state index in [-0.39, 0.29) is 6.04 Å². The van der Waals surface area contributed by atoms with Crippen LogP contribution in [0.25, 0.3) is 0 Å². The van der Waals surface area contributed by atoms with E-state index < -0.39 is 0 Å². The molecule has 2 aromatic rings. The highest BCUT2D eigenvalue weighted by atomic mass is 15.6. The lowest BCUT2D eigenvalue weighted by atomic mass is 10.1. The predicted molar refractivity (Wildman–Crippen MR) is 74.9 cm³/mol.